The number of rotatable bonds is 7. The number of nitrogens with one attached hydrogen (secondary N) is 2. The monoisotopic (exact) mass is 616 g/mol. The summed E-state index contributed by atoms with van der Waals surface area (Å²) in [6, 6.07) is 61.3. The maximum absolute atomic E-state index is 3.67. The molecule has 0 aliphatic carbocycles. The molecule has 0 saturated carbocycles. The molecule has 0 aliphatic heterocycles. The van der Waals surface area contributed by atoms with Crippen LogP contribution in [0.3, 0.4) is 0 Å². The van der Waals surface area contributed by atoms with Crippen molar-refractivity contribution < 1.29 is 0 Å². The van der Waals surface area contributed by atoms with Gasteiger partial charge in [0.05, 0.1) is 0 Å². The van der Waals surface area contributed by atoms with E-state index in [0.717, 1.165) is 22.7 Å². The van der Waals surface area contributed by atoms with E-state index in [1.807, 2.05) is 0 Å². The third-order valence-corrected chi connectivity index (χ3v) is 9.06. The molecule has 0 fully saturated rings. The van der Waals surface area contributed by atoms with Crippen LogP contribution < -0.4 is 10.6 Å². The maximum Gasteiger partial charge on any atom is 0.0390 e. The lowest BCUT2D eigenvalue weighted by molar-refractivity contribution is 1.44. The van der Waals surface area contributed by atoms with Gasteiger partial charge in [-0.25, -0.2) is 0 Å². The van der Waals surface area contributed by atoms with Crippen molar-refractivity contribution in [3.05, 3.63) is 181 Å². The van der Waals surface area contributed by atoms with E-state index in [1.54, 1.807) is 0 Å². The largest absolute Gasteiger partial charge is 0.356 e. The van der Waals surface area contributed by atoms with E-state index in [1.165, 1.54) is 66.1 Å². The van der Waals surface area contributed by atoms with E-state index in [0.29, 0.717) is 0 Å². The number of hydrogen-bond acceptors (Lipinski definition) is 2. The van der Waals surface area contributed by atoms with E-state index in [-0.39, 0.29) is 0 Å². The number of hydrogen-bond donors (Lipinski definition) is 2. The van der Waals surface area contributed by atoms with Crippen LogP contribution in [0.1, 0.15) is 11.1 Å². The Morgan fingerprint density at radius 1 is 0.292 bits per heavy atom. The Bertz CT molecular complexity index is 2270. The summed E-state index contributed by atoms with van der Waals surface area (Å²) in [4.78, 5) is 0. The van der Waals surface area contributed by atoms with Gasteiger partial charge in [-0.15, -0.1) is 0 Å². The van der Waals surface area contributed by atoms with Crippen LogP contribution in [0.5, 0.6) is 0 Å². The number of aryl methyl sites for hydroxylation is 2. The second-order valence-corrected chi connectivity index (χ2v) is 12.6. The van der Waals surface area contributed by atoms with Gasteiger partial charge in [0.25, 0.3) is 0 Å². The molecule has 8 aromatic carbocycles. The van der Waals surface area contributed by atoms with Crippen LogP contribution in [0.2, 0.25) is 0 Å². The van der Waals surface area contributed by atoms with Crippen LogP contribution in [-0.2, 0) is 0 Å². The number of benzene rings is 8. The molecule has 8 aromatic rings. The minimum absolute atomic E-state index is 1.05. The summed E-state index contributed by atoms with van der Waals surface area (Å²) in [5, 5.41) is 12.3. The molecule has 0 radical (unpaired) electrons. The minimum Gasteiger partial charge on any atom is -0.356 e. The average molecular weight is 617 g/mol. The molecule has 2 N–H and O–H groups in total. The fourth-order valence-corrected chi connectivity index (χ4v) is 6.68. The third kappa shape index (κ3) is 6.04. The molecular formula is C46H36N2. The smallest absolute Gasteiger partial charge is 0.0390 e. The van der Waals surface area contributed by atoms with Crippen molar-refractivity contribution in [1.29, 1.82) is 0 Å². The highest BCUT2D eigenvalue weighted by molar-refractivity contribution is 5.98. The molecule has 0 spiro atoms. The highest BCUT2D eigenvalue weighted by Crippen LogP contribution is 2.42. The Kier molecular flexibility index (Phi) is 7.68. The highest BCUT2D eigenvalue weighted by Gasteiger charge is 2.16. The zero-order chi connectivity index (χ0) is 32.5. The van der Waals surface area contributed by atoms with E-state index in [9.17, 15) is 0 Å². The molecule has 230 valence electrons. The summed E-state index contributed by atoms with van der Waals surface area (Å²) in [7, 11) is 0. The van der Waals surface area contributed by atoms with Crippen LogP contribution in [0.4, 0.5) is 22.7 Å². The standard InChI is InChI=1S/C46H36N2/c1-31-9-7-15-39(25-31)47-41-21-23-43(45(29-41)37-19-17-33-11-3-5-13-35(33)27-37)44-24-22-42(48-40-16-8-10-32(2)26-40)30-46(44)38-20-18-34-12-4-6-14-36(34)28-38/h3-30,47-48H,1-2H3. The van der Waals surface area contributed by atoms with Crippen LogP contribution in [0.15, 0.2) is 170 Å². The second kappa shape index (κ2) is 12.6. The Balaban J connectivity index is 1.32. The highest BCUT2D eigenvalue weighted by atomic mass is 14.9. The molecule has 2 nitrogen and oxygen atoms in total. The predicted octanol–water partition coefficient (Wildman–Crippen LogP) is 13.1. The quantitative estimate of drug-likeness (QED) is 0.186. The number of fused-ring (bicyclic) bond motifs is 2. The third-order valence-electron chi connectivity index (χ3n) is 9.06. The normalized spacial score (nSPS) is 11.1. The SMILES string of the molecule is Cc1cccc(Nc2ccc(-c3ccc(Nc4cccc(C)c4)cc3-c3ccc4ccccc4c3)c(-c3ccc4ccccc4c3)c2)c1. The summed E-state index contributed by atoms with van der Waals surface area (Å²) in [5.41, 5.74) is 13.8. The maximum atomic E-state index is 3.67. The topological polar surface area (TPSA) is 24.1 Å². The van der Waals surface area contributed by atoms with Crippen molar-refractivity contribution in [2.24, 2.45) is 0 Å². The Morgan fingerprint density at radius 2 is 0.708 bits per heavy atom. The fourth-order valence-electron chi connectivity index (χ4n) is 6.68. The lowest BCUT2D eigenvalue weighted by Crippen LogP contribution is -1.96. The van der Waals surface area contributed by atoms with Gasteiger partial charge in [-0.2, -0.15) is 0 Å². The van der Waals surface area contributed by atoms with E-state index < -0.39 is 0 Å². The van der Waals surface area contributed by atoms with Gasteiger partial charge in [0.2, 0.25) is 0 Å². The summed E-state index contributed by atoms with van der Waals surface area (Å²) >= 11 is 0. The van der Waals surface area contributed by atoms with Crippen molar-refractivity contribution >= 4 is 44.3 Å². The Morgan fingerprint density at radius 3 is 1.15 bits per heavy atom. The summed E-state index contributed by atoms with van der Waals surface area (Å²) in [6.45, 7) is 4.25. The second-order valence-electron chi connectivity index (χ2n) is 12.6. The molecule has 0 heterocycles. The molecule has 0 atom stereocenters. The molecule has 48 heavy (non-hydrogen) atoms. The lowest BCUT2D eigenvalue weighted by atomic mass is 9.87. The van der Waals surface area contributed by atoms with Gasteiger partial charge < -0.3 is 10.6 Å². The van der Waals surface area contributed by atoms with Gasteiger partial charge in [0.15, 0.2) is 0 Å². The van der Waals surface area contributed by atoms with E-state index in [2.05, 4.69) is 194 Å². The first-order chi connectivity index (χ1) is 23.6. The molecule has 0 bridgehead atoms. The summed E-state index contributed by atoms with van der Waals surface area (Å²) < 4.78 is 0. The van der Waals surface area contributed by atoms with Gasteiger partial charge in [-0.05, 0) is 141 Å². The van der Waals surface area contributed by atoms with Gasteiger partial charge in [0, 0.05) is 22.7 Å². The van der Waals surface area contributed by atoms with Crippen LogP contribution in [0, 0.1) is 13.8 Å². The fraction of sp³-hybridized carbons (Fsp3) is 0.0435. The van der Waals surface area contributed by atoms with Crippen molar-refractivity contribution in [3.63, 3.8) is 0 Å². The van der Waals surface area contributed by atoms with Gasteiger partial charge >= 0.3 is 0 Å². The predicted molar refractivity (Wildman–Crippen MR) is 207 cm³/mol. The molecule has 0 aliphatic rings. The lowest BCUT2D eigenvalue weighted by Gasteiger charge is -2.19. The van der Waals surface area contributed by atoms with Crippen LogP contribution in [0.25, 0.3) is 54.9 Å². The zero-order valence-electron chi connectivity index (χ0n) is 27.2. The van der Waals surface area contributed by atoms with Crippen LogP contribution in [-0.4, -0.2) is 0 Å². The Hall–Kier alpha value is -6.12. The minimum atomic E-state index is 1.05. The van der Waals surface area contributed by atoms with E-state index >= 15 is 0 Å². The first-order valence-corrected chi connectivity index (χ1v) is 16.5. The van der Waals surface area contributed by atoms with Crippen molar-refractivity contribution in [1.82, 2.24) is 0 Å². The number of anilines is 4. The van der Waals surface area contributed by atoms with Gasteiger partial charge in [0.1, 0.15) is 0 Å². The molecule has 2 heteroatoms. The molecule has 8 rings (SSSR count). The molecule has 0 amide bonds. The first kappa shape index (κ1) is 29.3. The van der Waals surface area contributed by atoms with Gasteiger partial charge in [-0.1, -0.05) is 109 Å². The molecular weight excluding hydrogens is 581 g/mol. The molecule has 0 unspecified atom stereocenters. The van der Waals surface area contributed by atoms with Crippen LogP contribution >= 0.6 is 0 Å². The molecule has 0 saturated heterocycles. The average Bonchev–Trinajstić information content (AvgIpc) is 3.11. The summed E-state index contributed by atoms with van der Waals surface area (Å²) in [6.07, 6.45) is 0. The molecule has 0 aromatic heterocycles. The van der Waals surface area contributed by atoms with Crippen molar-refractivity contribution in [2.75, 3.05) is 10.6 Å². The van der Waals surface area contributed by atoms with E-state index in [4.69, 9.17) is 0 Å². The first-order valence-electron chi connectivity index (χ1n) is 16.5. The zero-order valence-corrected chi connectivity index (χ0v) is 27.2. The van der Waals surface area contributed by atoms with Crippen molar-refractivity contribution in [2.45, 2.75) is 13.8 Å². The van der Waals surface area contributed by atoms with Gasteiger partial charge in [-0.3, -0.25) is 0 Å². The Labute approximate surface area is 282 Å². The summed E-state index contributed by atoms with van der Waals surface area (Å²) in [5.74, 6) is 0. The van der Waals surface area contributed by atoms with Crippen molar-refractivity contribution in [3.8, 4) is 33.4 Å².